The molecule has 1 aromatic rings. The first-order valence-electron chi connectivity index (χ1n) is 7.23. The SMILES string of the molecule is Cc1cc(C(=O)O)c(C)cc1COCCOCCOCCO. The Kier molecular flexibility index (Phi) is 8.69. The van der Waals surface area contributed by atoms with Crippen molar-refractivity contribution in [2.75, 3.05) is 39.6 Å². The Morgan fingerprint density at radius 2 is 1.55 bits per heavy atom. The van der Waals surface area contributed by atoms with Crippen LogP contribution in [0.5, 0.6) is 0 Å². The van der Waals surface area contributed by atoms with Crippen LogP contribution in [0.4, 0.5) is 0 Å². The molecule has 0 unspecified atom stereocenters. The summed E-state index contributed by atoms with van der Waals surface area (Å²) in [6, 6.07) is 3.52. The maximum atomic E-state index is 11.0. The van der Waals surface area contributed by atoms with Crippen LogP contribution in [0.3, 0.4) is 0 Å². The van der Waals surface area contributed by atoms with Crippen LogP contribution in [0.15, 0.2) is 12.1 Å². The fourth-order valence-electron chi connectivity index (χ4n) is 1.95. The van der Waals surface area contributed by atoms with Crippen molar-refractivity contribution in [2.45, 2.75) is 20.5 Å². The van der Waals surface area contributed by atoms with E-state index in [1.165, 1.54) is 0 Å². The van der Waals surface area contributed by atoms with Crippen LogP contribution >= 0.6 is 0 Å². The Labute approximate surface area is 130 Å². The molecule has 22 heavy (non-hydrogen) atoms. The van der Waals surface area contributed by atoms with Crippen LogP contribution in [-0.2, 0) is 20.8 Å². The zero-order valence-electron chi connectivity index (χ0n) is 13.1. The highest BCUT2D eigenvalue weighted by Gasteiger charge is 2.10. The summed E-state index contributed by atoms with van der Waals surface area (Å²) in [7, 11) is 0. The fraction of sp³-hybridized carbons (Fsp3) is 0.562. The molecule has 0 radical (unpaired) electrons. The molecular weight excluding hydrogens is 288 g/mol. The highest BCUT2D eigenvalue weighted by Crippen LogP contribution is 2.17. The number of ether oxygens (including phenoxy) is 3. The number of hydrogen-bond acceptors (Lipinski definition) is 5. The van der Waals surface area contributed by atoms with Gasteiger partial charge in [0, 0.05) is 0 Å². The number of carboxylic acids is 1. The summed E-state index contributed by atoms with van der Waals surface area (Å²) >= 11 is 0. The van der Waals surface area contributed by atoms with Gasteiger partial charge in [0.1, 0.15) is 0 Å². The van der Waals surface area contributed by atoms with E-state index in [2.05, 4.69) is 0 Å². The van der Waals surface area contributed by atoms with Gasteiger partial charge in [-0.1, -0.05) is 6.07 Å². The molecule has 124 valence electrons. The number of aliphatic hydroxyl groups is 1. The van der Waals surface area contributed by atoms with Crippen LogP contribution in [0, 0.1) is 13.8 Å². The normalized spacial score (nSPS) is 10.9. The molecule has 0 aliphatic carbocycles. The first kappa shape index (κ1) is 18.6. The van der Waals surface area contributed by atoms with Gasteiger partial charge in [-0.05, 0) is 36.6 Å². The molecule has 1 aromatic carbocycles. The fourth-order valence-corrected chi connectivity index (χ4v) is 1.95. The molecule has 0 bridgehead atoms. The molecule has 0 amide bonds. The molecule has 0 aliphatic heterocycles. The van der Waals surface area contributed by atoms with Gasteiger partial charge in [-0.15, -0.1) is 0 Å². The number of benzene rings is 1. The smallest absolute Gasteiger partial charge is 0.335 e. The molecule has 6 nitrogen and oxygen atoms in total. The minimum Gasteiger partial charge on any atom is -0.478 e. The van der Waals surface area contributed by atoms with Crippen molar-refractivity contribution < 1.29 is 29.2 Å². The summed E-state index contributed by atoms with van der Waals surface area (Å²) < 4.78 is 15.9. The Morgan fingerprint density at radius 3 is 2.14 bits per heavy atom. The monoisotopic (exact) mass is 312 g/mol. The van der Waals surface area contributed by atoms with Gasteiger partial charge < -0.3 is 24.4 Å². The average Bonchev–Trinajstić information content (AvgIpc) is 2.48. The first-order chi connectivity index (χ1) is 10.6. The number of aliphatic hydroxyl groups excluding tert-OH is 1. The lowest BCUT2D eigenvalue weighted by molar-refractivity contribution is 0.00443. The number of aryl methyl sites for hydroxylation is 2. The Balaban J connectivity index is 2.25. The van der Waals surface area contributed by atoms with E-state index in [-0.39, 0.29) is 6.61 Å². The Morgan fingerprint density at radius 1 is 0.955 bits per heavy atom. The van der Waals surface area contributed by atoms with Gasteiger partial charge in [0.2, 0.25) is 0 Å². The number of hydrogen-bond donors (Lipinski definition) is 2. The molecule has 0 spiro atoms. The van der Waals surface area contributed by atoms with Crippen molar-refractivity contribution in [3.8, 4) is 0 Å². The lowest BCUT2D eigenvalue weighted by Gasteiger charge is -2.11. The van der Waals surface area contributed by atoms with Gasteiger partial charge in [0.25, 0.3) is 0 Å². The summed E-state index contributed by atoms with van der Waals surface area (Å²) in [6.45, 7) is 6.27. The van der Waals surface area contributed by atoms with E-state index >= 15 is 0 Å². The second kappa shape index (κ2) is 10.3. The van der Waals surface area contributed by atoms with Crippen LogP contribution in [0.2, 0.25) is 0 Å². The average molecular weight is 312 g/mol. The van der Waals surface area contributed by atoms with E-state index in [0.717, 1.165) is 16.7 Å². The second-order valence-corrected chi connectivity index (χ2v) is 4.90. The van der Waals surface area contributed by atoms with Crippen molar-refractivity contribution in [2.24, 2.45) is 0 Å². The highest BCUT2D eigenvalue weighted by atomic mass is 16.5. The first-order valence-corrected chi connectivity index (χ1v) is 7.23. The minimum absolute atomic E-state index is 0.0164. The van der Waals surface area contributed by atoms with Crippen molar-refractivity contribution in [3.05, 3.63) is 34.4 Å². The quantitative estimate of drug-likeness (QED) is 0.603. The van der Waals surface area contributed by atoms with Crippen molar-refractivity contribution in [1.29, 1.82) is 0 Å². The molecule has 6 heteroatoms. The standard InChI is InChI=1S/C16H24O6/c1-12-10-15(16(18)19)13(2)9-14(12)11-22-8-7-21-6-5-20-4-3-17/h9-10,17H,3-8,11H2,1-2H3,(H,18,19). The van der Waals surface area contributed by atoms with Crippen molar-refractivity contribution in [1.82, 2.24) is 0 Å². The number of carbonyl (C=O) groups is 1. The maximum Gasteiger partial charge on any atom is 0.335 e. The predicted octanol–water partition coefficient (Wildman–Crippen LogP) is 1.54. The van der Waals surface area contributed by atoms with E-state index in [0.29, 0.717) is 45.2 Å². The molecule has 2 N–H and O–H groups in total. The molecule has 0 fully saturated rings. The lowest BCUT2D eigenvalue weighted by atomic mass is 10.0. The maximum absolute atomic E-state index is 11.0. The lowest BCUT2D eigenvalue weighted by Crippen LogP contribution is -2.11. The molecule has 0 heterocycles. The zero-order chi connectivity index (χ0) is 16.4. The summed E-state index contributed by atoms with van der Waals surface area (Å²) in [5.74, 6) is -0.912. The van der Waals surface area contributed by atoms with Crippen LogP contribution < -0.4 is 0 Å². The van der Waals surface area contributed by atoms with Crippen LogP contribution in [0.25, 0.3) is 0 Å². The second-order valence-electron chi connectivity index (χ2n) is 4.90. The Bertz CT molecular complexity index is 472. The summed E-state index contributed by atoms with van der Waals surface area (Å²) in [5.41, 5.74) is 2.94. The summed E-state index contributed by atoms with van der Waals surface area (Å²) in [5, 5.41) is 17.6. The summed E-state index contributed by atoms with van der Waals surface area (Å²) in [6.07, 6.45) is 0. The Hall–Kier alpha value is -1.47. The minimum atomic E-state index is -0.912. The van der Waals surface area contributed by atoms with Crippen LogP contribution in [0.1, 0.15) is 27.0 Å². The third-order valence-electron chi connectivity index (χ3n) is 3.15. The molecule has 1 rings (SSSR count). The third kappa shape index (κ3) is 6.53. The molecule has 0 atom stereocenters. The largest absolute Gasteiger partial charge is 0.478 e. The van der Waals surface area contributed by atoms with Gasteiger partial charge in [-0.25, -0.2) is 4.79 Å². The van der Waals surface area contributed by atoms with Crippen molar-refractivity contribution >= 4 is 5.97 Å². The van der Waals surface area contributed by atoms with E-state index < -0.39 is 5.97 Å². The molecule has 0 aliphatic rings. The van der Waals surface area contributed by atoms with E-state index in [4.69, 9.17) is 24.4 Å². The van der Waals surface area contributed by atoms with E-state index in [9.17, 15) is 4.79 Å². The number of carboxylic acid groups (broad SMARTS) is 1. The zero-order valence-corrected chi connectivity index (χ0v) is 13.1. The van der Waals surface area contributed by atoms with Gasteiger partial charge in [0.05, 0.1) is 51.8 Å². The third-order valence-corrected chi connectivity index (χ3v) is 3.15. The topological polar surface area (TPSA) is 85.2 Å². The van der Waals surface area contributed by atoms with Gasteiger partial charge in [0.15, 0.2) is 0 Å². The van der Waals surface area contributed by atoms with Crippen molar-refractivity contribution in [3.63, 3.8) is 0 Å². The van der Waals surface area contributed by atoms with Crippen LogP contribution in [-0.4, -0.2) is 55.8 Å². The number of aromatic carboxylic acids is 1. The van der Waals surface area contributed by atoms with Gasteiger partial charge in [-0.3, -0.25) is 0 Å². The van der Waals surface area contributed by atoms with E-state index in [1.54, 1.807) is 13.0 Å². The van der Waals surface area contributed by atoms with Gasteiger partial charge in [-0.2, -0.15) is 0 Å². The molecule has 0 aromatic heterocycles. The highest BCUT2D eigenvalue weighted by molar-refractivity contribution is 5.89. The van der Waals surface area contributed by atoms with E-state index in [1.807, 2.05) is 13.0 Å². The summed E-state index contributed by atoms with van der Waals surface area (Å²) in [4.78, 5) is 11.0. The molecule has 0 saturated heterocycles. The van der Waals surface area contributed by atoms with Gasteiger partial charge >= 0.3 is 5.97 Å². The molecular formula is C16H24O6. The predicted molar refractivity (Wildman–Crippen MR) is 81.3 cm³/mol. The molecule has 0 saturated carbocycles. The number of rotatable bonds is 11.